The molecule has 1 atom stereocenters. The second-order valence-corrected chi connectivity index (χ2v) is 9.71. The second kappa shape index (κ2) is 8.58. The van der Waals surface area contributed by atoms with Crippen LogP contribution in [-0.4, -0.2) is 75.9 Å². The molecule has 0 saturated carbocycles. The van der Waals surface area contributed by atoms with E-state index in [4.69, 9.17) is 4.74 Å². The molecule has 152 valence electrons. The van der Waals surface area contributed by atoms with Gasteiger partial charge < -0.3 is 15.0 Å². The van der Waals surface area contributed by atoms with Crippen LogP contribution in [0.5, 0.6) is 0 Å². The zero-order valence-electron chi connectivity index (χ0n) is 16.9. The van der Waals surface area contributed by atoms with Gasteiger partial charge in [-0.2, -0.15) is 0 Å². The first kappa shape index (κ1) is 21.7. The molecule has 0 aliphatic carbocycles. The Labute approximate surface area is 162 Å². The van der Waals surface area contributed by atoms with Crippen molar-refractivity contribution >= 4 is 15.9 Å². The van der Waals surface area contributed by atoms with Crippen molar-refractivity contribution in [2.24, 2.45) is 0 Å². The van der Waals surface area contributed by atoms with Crippen molar-refractivity contribution in [3.63, 3.8) is 0 Å². The molecule has 1 aliphatic rings. The first-order chi connectivity index (χ1) is 12.5. The predicted octanol–water partition coefficient (Wildman–Crippen LogP) is 1.90. The minimum Gasteiger partial charge on any atom is -0.379 e. The van der Waals surface area contributed by atoms with E-state index >= 15 is 0 Å². The highest BCUT2D eigenvalue weighted by atomic mass is 32.2. The lowest BCUT2D eigenvalue weighted by Crippen LogP contribution is -2.56. The van der Waals surface area contributed by atoms with E-state index < -0.39 is 9.84 Å². The summed E-state index contributed by atoms with van der Waals surface area (Å²) in [7, 11) is -1.48. The maximum atomic E-state index is 12.6. The van der Waals surface area contributed by atoms with E-state index in [1.54, 1.807) is 36.2 Å². The van der Waals surface area contributed by atoms with Gasteiger partial charge in [-0.05, 0) is 38.5 Å². The van der Waals surface area contributed by atoms with Crippen LogP contribution in [0, 0.1) is 0 Å². The number of rotatable bonds is 6. The van der Waals surface area contributed by atoms with Crippen LogP contribution in [0.3, 0.4) is 0 Å². The molecule has 1 N–H and O–H groups in total. The van der Waals surface area contributed by atoms with Gasteiger partial charge in [0.25, 0.3) is 0 Å². The maximum absolute atomic E-state index is 12.6. The van der Waals surface area contributed by atoms with Gasteiger partial charge in [0.05, 0.1) is 24.2 Å². The standard InChI is InChI=1S/C19H31N3O4S/c1-15(16-6-8-17(9-7-16)27(5,24)25)21(4)18(23)20-14-19(2,3)22-10-12-26-13-11-22/h6-9,15H,10-14H2,1-5H3,(H,20,23)/t15-/m0/s1. The van der Waals surface area contributed by atoms with Crippen LogP contribution in [0.25, 0.3) is 0 Å². The number of amides is 2. The summed E-state index contributed by atoms with van der Waals surface area (Å²) in [6.45, 7) is 9.86. The molecular formula is C19H31N3O4S. The molecule has 0 radical (unpaired) electrons. The van der Waals surface area contributed by atoms with Gasteiger partial charge in [-0.15, -0.1) is 0 Å². The third kappa shape index (κ3) is 5.67. The van der Waals surface area contributed by atoms with Crippen LogP contribution in [0.4, 0.5) is 4.79 Å². The summed E-state index contributed by atoms with van der Waals surface area (Å²) in [6.07, 6.45) is 1.18. The zero-order valence-corrected chi connectivity index (χ0v) is 17.7. The van der Waals surface area contributed by atoms with E-state index in [1.165, 1.54) is 6.26 Å². The second-order valence-electron chi connectivity index (χ2n) is 7.70. The number of morpholine rings is 1. The molecule has 1 aliphatic heterocycles. The lowest BCUT2D eigenvalue weighted by Gasteiger charge is -2.41. The highest BCUT2D eigenvalue weighted by Crippen LogP contribution is 2.21. The molecule has 1 fully saturated rings. The van der Waals surface area contributed by atoms with Gasteiger partial charge in [-0.3, -0.25) is 4.90 Å². The fraction of sp³-hybridized carbons (Fsp3) is 0.632. The molecular weight excluding hydrogens is 366 g/mol. The Bertz CT molecular complexity index is 741. The number of benzene rings is 1. The van der Waals surface area contributed by atoms with Gasteiger partial charge in [0.15, 0.2) is 9.84 Å². The van der Waals surface area contributed by atoms with Crippen molar-refractivity contribution in [3.05, 3.63) is 29.8 Å². The Morgan fingerprint density at radius 3 is 2.33 bits per heavy atom. The summed E-state index contributed by atoms with van der Waals surface area (Å²) >= 11 is 0. The van der Waals surface area contributed by atoms with Gasteiger partial charge in [0.2, 0.25) is 0 Å². The zero-order chi connectivity index (χ0) is 20.2. The van der Waals surface area contributed by atoms with Crippen LogP contribution in [-0.2, 0) is 14.6 Å². The molecule has 7 nitrogen and oxygen atoms in total. The number of ether oxygens (including phenoxy) is 1. The van der Waals surface area contributed by atoms with Gasteiger partial charge >= 0.3 is 6.03 Å². The summed E-state index contributed by atoms with van der Waals surface area (Å²) in [6, 6.07) is 6.33. The number of nitrogens with one attached hydrogen (secondary N) is 1. The molecule has 0 bridgehead atoms. The quantitative estimate of drug-likeness (QED) is 0.793. The molecule has 0 spiro atoms. The molecule has 1 aromatic carbocycles. The largest absolute Gasteiger partial charge is 0.379 e. The first-order valence-electron chi connectivity index (χ1n) is 9.16. The van der Waals surface area contributed by atoms with Crippen molar-refractivity contribution < 1.29 is 17.9 Å². The van der Waals surface area contributed by atoms with Gasteiger partial charge in [-0.1, -0.05) is 12.1 Å². The summed E-state index contributed by atoms with van der Waals surface area (Å²) in [4.78, 5) is 16.8. The van der Waals surface area contributed by atoms with Crippen molar-refractivity contribution in [3.8, 4) is 0 Å². The lowest BCUT2D eigenvalue weighted by molar-refractivity contribution is -0.00906. The van der Waals surface area contributed by atoms with Crippen LogP contribution in [0.15, 0.2) is 29.2 Å². The highest BCUT2D eigenvalue weighted by molar-refractivity contribution is 7.90. The molecule has 1 aromatic rings. The number of carbonyl (C=O) groups excluding carboxylic acids is 1. The number of sulfone groups is 1. The Kier molecular flexibility index (Phi) is 6.88. The Morgan fingerprint density at radius 2 is 1.81 bits per heavy atom. The van der Waals surface area contributed by atoms with Crippen molar-refractivity contribution in [1.29, 1.82) is 0 Å². The van der Waals surface area contributed by atoms with E-state index in [0.717, 1.165) is 31.9 Å². The van der Waals surface area contributed by atoms with Gasteiger partial charge in [0, 0.05) is 38.5 Å². The van der Waals surface area contributed by atoms with E-state index in [9.17, 15) is 13.2 Å². The Hall–Kier alpha value is -1.64. The third-order valence-electron chi connectivity index (χ3n) is 5.23. The van der Waals surface area contributed by atoms with Crippen LogP contribution >= 0.6 is 0 Å². The average molecular weight is 398 g/mol. The number of nitrogens with zero attached hydrogens (tertiary/aromatic N) is 2. The number of hydrogen-bond acceptors (Lipinski definition) is 5. The van der Waals surface area contributed by atoms with E-state index in [2.05, 4.69) is 24.1 Å². The smallest absolute Gasteiger partial charge is 0.317 e. The topological polar surface area (TPSA) is 79.0 Å². The molecule has 27 heavy (non-hydrogen) atoms. The first-order valence-corrected chi connectivity index (χ1v) is 11.0. The lowest BCUT2D eigenvalue weighted by atomic mass is 10.0. The average Bonchev–Trinajstić information content (AvgIpc) is 2.65. The SMILES string of the molecule is C[C@@H](c1ccc(S(C)(=O)=O)cc1)N(C)C(=O)NCC(C)(C)N1CCOCC1. The Balaban J connectivity index is 1.95. The van der Waals surface area contributed by atoms with Crippen LogP contribution < -0.4 is 5.32 Å². The van der Waals surface area contributed by atoms with Crippen molar-refractivity contribution in [2.45, 2.75) is 37.2 Å². The normalized spacial score (nSPS) is 17.4. The fourth-order valence-electron chi connectivity index (χ4n) is 3.09. The van der Waals surface area contributed by atoms with Crippen LogP contribution in [0.1, 0.15) is 32.4 Å². The van der Waals surface area contributed by atoms with Gasteiger partial charge in [0.1, 0.15) is 0 Å². The molecule has 2 amide bonds. The fourth-order valence-corrected chi connectivity index (χ4v) is 3.72. The number of hydrogen-bond donors (Lipinski definition) is 1. The molecule has 8 heteroatoms. The predicted molar refractivity (Wildman–Crippen MR) is 106 cm³/mol. The number of urea groups is 1. The van der Waals surface area contributed by atoms with E-state index in [1.807, 2.05) is 6.92 Å². The molecule has 1 heterocycles. The highest BCUT2D eigenvalue weighted by Gasteiger charge is 2.29. The molecule has 1 saturated heterocycles. The number of carbonyl (C=O) groups is 1. The Morgan fingerprint density at radius 1 is 1.26 bits per heavy atom. The monoisotopic (exact) mass is 397 g/mol. The summed E-state index contributed by atoms with van der Waals surface area (Å²) in [5.41, 5.74) is 0.730. The minimum absolute atomic E-state index is 0.152. The minimum atomic E-state index is -3.22. The molecule has 0 unspecified atom stereocenters. The third-order valence-corrected chi connectivity index (χ3v) is 6.36. The molecule has 2 rings (SSSR count). The van der Waals surface area contributed by atoms with Crippen molar-refractivity contribution in [1.82, 2.24) is 15.1 Å². The maximum Gasteiger partial charge on any atom is 0.317 e. The molecule has 0 aromatic heterocycles. The van der Waals surface area contributed by atoms with Crippen molar-refractivity contribution in [2.75, 3.05) is 46.2 Å². The summed E-state index contributed by atoms with van der Waals surface area (Å²) in [5, 5.41) is 3.01. The van der Waals surface area contributed by atoms with Crippen LogP contribution in [0.2, 0.25) is 0 Å². The summed E-state index contributed by atoms with van der Waals surface area (Å²) < 4.78 is 28.6. The van der Waals surface area contributed by atoms with Gasteiger partial charge in [-0.25, -0.2) is 13.2 Å². The van der Waals surface area contributed by atoms with E-state index in [-0.39, 0.29) is 22.5 Å². The summed E-state index contributed by atoms with van der Waals surface area (Å²) in [5.74, 6) is 0. The van der Waals surface area contributed by atoms with E-state index in [0.29, 0.717) is 6.54 Å².